The van der Waals surface area contributed by atoms with Crippen LogP contribution < -0.4 is 37.9 Å². The van der Waals surface area contributed by atoms with Crippen LogP contribution in [0.25, 0.3) is 0 Å². The highest BCUT2D eigenvalue weighted by molar-refractivity contribution is 6.57. The van der Waals surface area contributed by atoms with Crippen molar-refractivity contribution in [1.29, 1.82) is 0 Å². The molecule has 4 aromatic carbocycles. The Bertz CT molecular complexity index is 3270. The van der Waals surface area contributed by atoms with Crippen LogP contribution in [-0.2, 0) is 57.9 Å². The maximum atomic E-state index is 6.40. The molecule has 0 saturated carbocycles. The fourth-order valence-corrected chi connectivity index (χ4v) is 10.1. The van der Waals surface area contributed by atoms with Crippen LogP contribution in [0.2, 0.25) is 20.1 Å². The van der Waals surface area contributed by atoms with Crippen molar-refractivity contribution in [2.45, 2.75) is 149 Å². The zero-order valence-corrected chi connectivity index (χ0v) is 67.4. The highest BCUT2D eigenvalue weighted by atomic mass is 35.5. The lowest BCUT2D eigenvalue weighted by Gasteiger charge is -2.21. The molecule has 0 saturated heterocycles. The van der Waals surface area contributed by atoms with Crippen LogP contribution >= 0.6 is 139 Å². The van der Waals surface area contributed by atoms with Gasteiger partial charge in [0.25, 0.3) is 0 Å². The van der Waals surface area contributed by atoms with Gasteiger partial charge in [-0.2, -0.15) is 0 Å². The first kappa shape index (κ1) is 91.6. The van der Waals surface area contributed by atoms with Crippen LogP contribution in [-0.4, -0.2) is 102 Å². The Balaban J connectivity index is 0.000000654. The van der Waals surface area contributed by atoms with Gasteiger partial charge in [-0.05, 0) is 148 Å². The van der Waals surface area contributed by atoms with Crippen molar-refractivity contribution in [3.05, 3.63) is 132 Å². The van der Waals surface area contributed by atoms with Gasteiger partial charge >= 0.3 is 0 Å². The summed E-state index contributed by atoms with van der Waals surface area (Å²) < 4.78 is 46.7. The van der Waals surface area contributed by atoms with Crippen molar-refractivity contribution in [3.63, 3.8) is 0 Å². The van der Waals surface area contributed by atoms with Crippen molar-refractivity contribution in [2.75, 3.05) is 79.3 Å². The van der Waals surface area contributed by atoms with Gasteiger partial charge in [-0.25, -0.2) is 0 Å². The molecule has 0 unspecified atom stereocenters. The third kappa shape index (κ3) is 38.0. The topological polar surface area (TPSA) is 160 Å². The predicted molar refractivity (Wildman–Crippen MR) is 413 cm³/mol. The number of benzene rings is 4. The molecule has 4 rings (SSSR count). The lowest BCUT2D eigenvalue weighted by molar-refractivity contribution is 0.106. The lowest BCUT2D eigenvalue weighted by Crippen LogP contribution is -2.11. The number of hydrogen-bond acceptors (Lipinski definition) is 16. The minimum absolute atomic E-state index is 0.131. The van der Waals surface area contributed by atoms with Gasteiger partial charge in [-0.15, -0.1) is 0 Å². The molecule has 0 atom stereocenters. The Morgan fingerprint density at radius 2 is 0.673 bits per heavy atom. The van der Waals surface area contributed by atoms with E-state index in [-0.39, 0.29) is 44.4 Å². The van der Waals surface area contributed by atoms with Crippen molar-refractivity contribution >= 4 is 162 Å². The fraction of sp³-hybridized carbons (Fsp3) is 0.486. The quantitative estimate of drug-likeness (QED) is 0.0237. The zero-order valence-electron chi connectivity index (χ0n) is 58.4. The summed E-state index contributed by atoms with van der Waals surface area (Å²) in [6.45, 7) is 33.7. The molecular formula is C70H92Cl12N4O12. The maximum Gasteiger partial charge on any atom is 0.157 e. The van der Waals surface area contributed by atoms with Gasteiger partial charge in [0.15, 0.2) is 31.3 Å². The highest BCUT2D eigenvalue weighted by Crippen LogP contribution is 2.43. The van der Waals surface area contributed by atoms with E-state index in [9.17, 15) is 0 Å². The molecule has 0 radical (unpaired) electrons. The van der Waals surface area contributed by atoms with Gasteiger partial charge in [0.2, 0.25) is 0 Å². The van der Waals surface area contributed by atoms with Crippen molar-refractivity contribution in [3.8, 4) is 46.0 Å². The van der Waals surface area contributed by atoms with Crippen LogP contribution in [0.3, 0.4) is 0 Å². The summed E-state index contributed by atoms with van der Waals surface area (Å²) in [6.07, 6.45) is 11.9. The predicted octanol–water partition coefficient (Wildman–Crippen LogP) is 23.4. The van der Waals surface area contributed by atoms with E-state index >= 15 is 0 Å². The number of nitrogens with zero attached hydrogens (tertiary/aromatic N) is 4. The normalized spacial score (nSPS) is 10.2. The third-order valence-corrected chi connectivity index (χ3v) is 14.8. The monoisotopic (exact) mass is 1600 g/mol. The molecule has 548 valence electrons. The largest absolute Gasteiger partial charge is 0.490 e. The number of hydrogen-bond donors (Lipinski definition) is 0. The molecular weight excluding hydrogens is 1510 g/mol. The Morgan fingerprint density at radius 1 is 0.337 bits per heavy atom. The first-order valence-electron chi connectivity index (χ1n) is 31.5. The third-order valence-electron chi connectivity index (χ3n) is 12.3. The van der Waals surface area contributed by atoms with E-state index in [1.54, 1.807) is 30.4 Å². The van der Waals surface area contributed by atoms with Crippen LogP contribution in [0.4, 0.5) is 0 Å². The van der Waals surface area contributed by atoms with Gasteiger partial charge < -0.3 is 57.2 Å². The second kappa shape index (κ2) is 53.4. The average molecular weight is 1610 g/mol. The van der Waals surface area contributed by atoms with Gasteiger partial charge in [0.1, 0.15) is 105 Å². The smallest absolute Gasteiger partial charge is 0.157 e. The van der Waals surface area contributed by atoms with E-state index in [0.717, 1.165) is 111 Å². The lowest BCUT2D eigenvalue weighted by atomic mass is 9.96. The molecule has 28 heteroatoms. The van der Waals surface area contributed by atoms with Gasteiger partial charge in [0, 0.05) is 52.4 Å². The summed E-state index contributed by atoms with van der Waals surface area (Å²) in [6, 6.07) is 8.93. The molecule has 4 aromatic rings. The first-order valence-corrected chi connectivity index (χ1v) is 36.1. The maximum absolute atomic E-state index is 6.40. The van der Waals surface area contributed by atoms with E-state index < -0.39 is 0 Å². The summed E-state index contributed by atoms with van der Waals surface area (Å²) in [7, 11) is 0. The van der Waals surface area contributed by atoms with E-state index in [2.05, 4.69) is 61.3 Å². The SMILES string of the molecule is CC(C)=NOCCCOc1c(Cl)cc(OCC=C(Cl)Cl)cc1Cl.CCc1c(OCC=C(Cl)Cl)cc(C)c(OCCON=C(C)C)c1CC.CCc1c(OCC=C(Cl)Cl)cc(Cl)c(OCCON=C(C)C)c1Cl.CCc1cc(OCC=C(Cl)Cl)c(CC)c(CC)c1OCCON=C(C)C. The molecule has 0 spiro atoms. The Kier molecular flexibility index (Phi) is 49.9. The first-order chi connectivity index (χ1) is 46.6. The molecule has 0 fully saturated rings. The Hall–Kier alpha value is -4.40. The van der Waals surface area contributed by atoms with E-state index in [0.29, 0.717) is 109 Å². The number of oxime groups is 4. The summed E-state index contributed by atoms with van der Waals surface area (Å²) in [5.74, 6) is 5.40. The number of rotatable bonds is 39. The fourth-order valence-electron chi connectivity index (χ4n) is 8.38. The van der Waals surface area contributed by atoms with E-state index in [1.165, 1.54) is 17.7 Å². The van der Waals surface area contributed by atoms with Crippen LogP contribution in [0.5, 0.6) is 46.0 Å². The standard InChI is InChI=1S/C20H29Cl2NO3.C19H27Cl2NO3.C16H19Cl4NO3.C15H17Cl4NO3/c1-6-15-13-18(24-10-9-19(21)22)16(7-2)17(8-3)20(15)25-11-12-26-23-14(4)5;1-6-15-16(7-2)19(24-10-11-25-22-13(3)4)14(5)12-17(15)23-9-8-18(20)21;1-4-11-13(22-6-5-14(18)19)9-12(17)16(15(11)20)23-7-8-24-21-10(2)3;1-10(2)20-23-6-3-5-22-15-12(16)8-11(9-13(15)17)21-7-4-14(18)19/h9,13H,6-8,10-12H2,1-5H3;8,12H,6-7,9-11H2,1-5H3;5,9H,4,6-8H2,1-3H3;4,8-9H,3,5-7H2,1-2H3. The Morgan fingerprint density at radius 3 is 1.06 bits per heavy atom. The average Bonchev–Trinajstić information content (AvgIpc) is 0.823. The van der Waals surface area contributed by atoms with E-state index in [1.807, 2.05) is 75.3 Å². The van der Waals surface area contributed by atoms with E-state index in [4.69, 9.17) is 196 Å². The van der Waals surface area contributed by atoms with Gasteiger partial charge in [-0.3, -0.25) is 0 Å². The van der Waals surface area contributed by atoms with Crippen LogP contribution in [0.1, 0.15) is 142 Å². The van der Waals surface area contributed by atoms with Crippen LogP contribution in [0, 0.1) is 6.92 Å². The molecule has 98 heavy (non-hydrogen) atoms. The summed E-state index contributed by atoms with van der Waals surface area (Å²) in [5, 5.41) is 17.0. The molecule has 0 aromatic heterocycles. The molecule has 16 nitrogen and oxygen atoms in total. The number of halogens is 12. The number of ether oxygens (including phenoxy) is 8. The van der Waals surface area contributed by atoms with Crippen molar-refractivity contribution in [1.82, 2.24) is 0 Å². The number of aryl methyl sites for hydroxylation is 2. The highest BCUT2D eigenvalue weighted by Gasteiger charge is 2.21. The minimum atomic E-state index is 0.131. The summed E-state index contributed by atoms with van der Waals surface area (Å²) in [5.41, 5.74) is 11.0. The minimum Gasteiger partial charge on any atom is -0.490 e. The molecule has 0 heterocycles. The summed E-state index contributed by atoms with van der Waals surface area (Å²) >= 11 is 69.7. The molecule has 0 aliphatic heterocycles. The second-order valence-corrected chi connectivity index (χ2v) is 26.7. The van der Waals surface area contributed by atoms with Gasteiger partial charge in [-0.1, -0.05) is 201 Å². The molecule has 0 bridgehead atoms. The van der Waals surface area contributed by atoms with Gasteiger partial charge in [0.05, 0.1) is 49.5 Å². The summed E-state index contributed by atoms with van der Waals surface area (Å²) in [4.78, 5) is 20.6. The zero-order chi connectivity index (χ0) is 73.7. The van der Waals surface area contributed by atoms with Crippen molar-refractivity contribution < 1.29 is 57.2 Å². The molecule has 0 amide bonds. The van der Waals surface area contributed by atoms with Crippen LogP contribution in [0.15, 0.2) is 93.2 Å². The molecule has 0 aliphatic rings. The molecule has 0 aliphatic carbocycles. The Labute approximate surface area is 640 Å². The van der Waals surface area contributed by atoms with Crippen molar-refractivity contribution in [2.24, 2.45) is 20.6 Å². The second-order valence-electron chi connectivity index (χ2n) is 21.1. The molecule has 0 N–H and O–H groups in total.